The number of thiocarbonyl (C=S) groups is 1. The summed E-state index contributed by atoms with van der Waals surface area (Å²) >= 11 is 7.08. The first-order valence-electron chi connectivity index (χ1n) is 13.8. The number of esters is 3. The van der Waals surface area contributed by atoms with E-state index < -0.39 is 11.9 Å². The lowest BCUT2D eigenvalue weighted by atomic mass is 9.94. The minimum atomic E-state index is -0.509. The topological polar surface area (TPSA) is 113 Å². The Morgan fingerprint density at radius 2 is 1.84 bits per heavy atom. The van der Waals surface area contributed by atoms with Gasteiger partial charge in [-0.15, -0.1) is 11.8 Å². The molecule has 0 spiro atoms. The molecule has 4 rings (SSSR count). The molecule has 2 aromatic carbocycles. The van der Waals surface area contributed by atoms with Gasteiger partial charge < -0.3 is 33.9 Å². The first-order chi connectivity index (χ1) is 21.2. The van der Waals surface area contributed by atoms with Crippen LogP contribution in [0.4, 0.5) is 5.69 Å². The SMILES string of the molecule is COC(=O)c1ccc(NC(=S)Oc2c(CC=C(C)CCC(=O)OCCN3C=CSC=C3)c(OC)c(C)c3c2C(=O)OC3)cc1. The highest BCUT2D eigenvalue weighted by molar-refractivity contribution is 8.04. The zero-order valence-electron chi connectivity index (χ0n) is 25.0. The molecular formula is C32H34N2O8S2. The number of thioether (sulfide) groups is 1. The number of carbonyl (C=O) groups excluding carboxylic acids is 3. The third-order valence-electron chi connectivity index (χ3n) is 7.03. The number of fused-ring (bicyclic) bond motifs is 1. The van der Waals surface area contributed by atoms with E-state index in [2.05, 4.69) is 5.32 Å². The van der Waals surface area contributed by atoms with Crippen LogP contribution < -0.4 is 14.8 Å². The molecule has 0 fully saturated rings. The molecule has 232 valence electrons. The fraction of sp³-hybridized carbons (Fsp3) is 0.312. The van der Waals surface area contributed by atoms with Gasteiger partial charge in [0, 0.05) is 35.6 Å². The molecule has 0 saturated heterocycles. The van der Waals surface area contributed by atoms with Crippen molar-refractivity contribution in [2.45, 2.75) is 39.7 Å². The molecule has 2 aromatic rings. The number of hydrogen-bond acceptors (Lipinski definition) is 11. The molecule has 0 unspecified atom stereocenters. The normalized spacial score (nSPS) is 13.7. The fourth-order valence-electron chi connectivity index (χ4n) is 4.65. The van der Waals surface area contributed by atoms with Crippen molar-refractivity contribution in [2.75, 3.05) is 32.7 Å². The van der Waals surface area contributed by atoms with Crippen LogP contribution in [0.3, 0.4) is 0 Å². The molecule has 12 heteroatoms. The Balaban J connectivity index is 1.46. The Kier molecular flexibility index (Phi) is 11.4. The molecule has 0 radical (unpaired) electrons. The van der Waals surface area contributed by atoms with Gasteiger partial charge in [0.05, 0.1) is 26.3 Å². The summed E-state index contributed by atoms with van der Waals surface area (Å²) in [6.07, 6.45) is 6.93. The smallest absolute Gasteiger partial charge is 0.342 e. The number of nitrogens with one attached hydrogen (secondary N) is 1. The van der Waals surface area contributed by atoms with Crippen LogP contribution in [-0.4, -0.2) is 55.4 Å². The predicted molar refractivity (Wildman–Crippen MR) is 172 cm³/mol. The number of cyclic esters (lactones) is 1. The van der Waals surface area contributed by atoms with E-state index in [9.17, 15) is 14.4 Å². The Morgan fingerprint density at radius 1 is 1.11 bits per heavy atom. The molecule has 0 saturated carbocycles. The summed E-state index contributed by atoms with van der Waals surface area (Å²) in [6.45, 7) is 4.79. The van der Waals surface area contributed by atoms with Gasteiger partial charge in [-0.05, 0) is 79.6 Å². The average Bonchev–Trinajstić information content (AvgIpc) is 3.42. The van der Waals surface area contributed by atoms with E-state index in [1.807, 2.05) is 48.0 Å². The van der Waals surface area contributed by atoms with Crippen LogP contribution >= 0.6 is 24.0 Å². The van der Waals surface area contributed by atoms with E-state index in [4.69, 9.17) is 35.9 Å². The molecule has 0 amide bonds. The number of nitrogens with zero attached hydrogens (tertiary/aromatic N) is 1. The zero-order chi connectivity index (χ0) is 31.6. The van der Waals surface area contributed by atoms with E-state index in [1.54, 1.807) is 43.1 Å². The monoisotopic (exact) mass is 638 g/mol. The summed E-state index contributed by atoms with van der Waals surface area (Å²) in [5.41, 5.74) is 4.30. The number of benzene rings is 2. The first kappa shape index (κ1) is 32.6. The summed E-state index contributed by atoms with van der Waals surface area (Å²) in [4.78, 5) is 38.9. The van der Waals surface area contributed by atoms with Crippen LogP contribution in [0.5, 0.6) is 11.5 Å². The third kappa shape index (κ3) is 8.20. The molecule has 0 aromatic heterocycles. The summed E-state index contributed by atoms with van der Waals surface area (Å²) in [5, 5.41) is 6.89. The Morgan fingerprint density at radius 3 is 2.52 bits per heavy atom. The molecule has 2 aliphatic heterocycles. The molecule has 0 atom stereocenters. The maximum absolute atomic E-state index is 12.8. The molecule has 10 nitrogen and oxygen atoms in total. The van der Waals surface area contributed by atoms with Crippen molar-refractivity contribution in [1.29, 1.82) is 0 Å². The number of allylic oxidation sites excluding steroid dienone is 2. The maximum atomic E-state index is 12.8. The van der Waals surface area contributed by atoms with Crippen LogP contribution in [0.15, 0.2) is 59.1 Å². The highest BCUT2D eigenvalue weighted by Gasteiger charge is 2.33. The molecule has 0 aliphatic carbocycles. The van der Waals surface area contributed by atoms with Gasteiger partial charge >= 0.3 is 17.9 Å². The lowest BCUT2D eigenvalue weighted by Crippen LogP contribution is -2.19. The van der Waals surface area contributed by atoms with E-state index in [0.717, 1.165) is 11.1 Å². The quantitative estimate of drug-likeness (QED) is 0.127. The number of rotatable bonds is 12. The van der Waals surface area contributed by atoms with Crippen LogP contribution in [0.25, 0.3) is 0 Å². The van der Waals surface area contributed by atoms with Gasteiger partial charge in [-0.1, -0.05) is 11.6 Å². The van der Waals surface area contributed by atoms with Gasteiger partial charge in [-0.25, -0.2) is 9.59 Å². The van der Waals surface area contributed by atoms with Crippen molar-refractivity contribution in [1.82, 2.24) is 4.90 Å². The zero-order valence-corrected chi connectivity index (χ0v) is 26.6. The lowest BCUT2D eigenvalue weighted by Gasteiger charge is -2.20. The van der Waals surface area contributed by atoms with Crippen LogP contribution in [0.1, 0.15) is 57.2 Å². The van der Waals surface area contributed by atoms with E-state index in [1.165, 1.54) is 7.11 Å². The van der Waals surface area contributed by atoms with Crippen molar-refractivity contribution >= 4 is 52.7 Å². The molecule has 44 heavy (non-hydrogen) atoms. The third-order valence-corrected chi connectivity index (χ3v) is 7.77. The summed E-state index contributed by atoms with van der Waals surface area (Å²) in [6, 6.07) is 6.51. The first-order valence-corrected chi connectivity index (χ1v) is 15.2. The average molecular weight is 639 g/mol. The number of anilines is 1. The molecule has 2 heterocycles. The fourth-order valence-corrected chi connectivity index (χ4v) is 5.40. The Bertz CT molecular complexity index is 1500. The summed E-state index contributed by atoms with van der Waals surface area (Å²) < 4.78 is 27.4. The number of hydrogen-bond donors (Lipinski definition) is 1. The minimum absolute atomic E-state index is 0.0115. The van der Waals surface area contributed by atoms with E-state index in [-0.39, 0.29) is 29.9 Å². The molecular weight excluding hydrogens is 604 g/mol. The van der Waals surface area contributed by atoms with Crippen molar-refractivity contribution in [2.24, 2.45) is 0 Å². The highest BCUT2D eigenvalue weighted by Crippen LogP contribution is 2.43. The second-order valence-corrected chi connectivity index (χ2v) is 11.1. The number of methoxy groups -OCH3 is 2. The van der Waals surface area contributed by atoms with Crippen molar-refractivity contribution in [3.8, 4) is 11.5 Å². The molecule has 0 bridgehead atoms. The molecule has 1 N–H and O–H groups in total. The van der Waals surface area contributed by atoms with Gasteiger partial charge in [0.2, 0.25) is 0 Å². The second-order valence-electron chi connectivity index (χ2n) is 9.90. The standard InChI is InChI=1S/C32H34N2O8S2/c1-20(6-12-26(35)40-16-13-34-14-17-44-18-15-34)5-11-24-28(38-3)21(2)25-19-41-31(37)27(25)29(24)42-32(43)33-23-9-7-22(8-10-23)30(36)39-4/h5,7-10,14-15,17-18H,6,11-13,16,19H2,1-4H3,(H,33,43). The van der Waals surface area contributed by atoms with Crippen LogP contribution in [0.2, 0.25) is 0 Å². The number of ether oxygens (including phenoxy) is 5. The maximum Gasteiger partial charge on any atom is 0.342 e. The van der Waals surface area contributed by atoms with Gasteiger partial charge in [-0.3, -0.25) is 4.79 Å². The van der Waals surface area contributed by atoms with Crippen molar-refractivity contribution in [3.05, 3.63) is 86.9 Å². The van der Waals surface area contributed by atoms with Crippen molar-refractivity contribution < 1.29 is 38.1 Å². The summed E-state index contributed by atoms with van der Waals surface area (Å²) in [7, 11) is 2.87. The Hall–Kier alpha value is -4.29. The van der Waals surface area contributed by atoms with Crippen molar-refractivity contribution in [3.63, 3.8) is 0 Å². The van der Waals surface area contributed by atoms with Gasteiger partial charge in [0.15, 0.2) is 5.75 Å². The van der Waals surface area contributed by atoms with Gasteiger partial charge in [0.1, 0.15) is 24.5 Å². The molecule has 2 aliphatic rings. The van der Waals surface area contributed by atoms with Gasteiger partial charge in [0.25, 0.3) is 5.17 Å². The van der Waals surface area contributed by atoms with Crippen LogP contribution in [-0.2, 0) is 32.0 Å². The van der Waals surface area contributed by atoms with E-state index in [0.29, 0.717) is 59.7 Å². The van der Waals surface area contributed by atoms with E-state index >= 15 is 0 Å². The second kappa shape index (κ2) is 15.4. The van der Waals surface area contributed by atoms with Gasteiger partial charge in [-0.2, -0.15) is 0 Å². The van der Waals surface area contributed by atoms with Crippen LogP contribution in [0, 0.1) is 6.92 Å². The Labute approximate surface area is 266 Å². The predicted octanol–water partition coefficient (Wildman–Crippen LogP) is 6.04. The largest absolute Gasteiger partial charge is 0.496 e. The number of carbonyl (C=O) groups is 3. The lowest BCUT2D eigenvalue weighted by molar-refractivity contribution is -0.143. The highest BCUT2D eigenvalue weighted by atomic mass is 32.2. The summed E-state index contributed by atoms with van der Waals surface area (Å²) in [5.74, 6) is -0.430. The minimum Gasteiger partial charge on any atom is -0.496 e.